The number of carbonyl (C=O) groups is 1. The Morgan fingerprint density at radius 2 is 1.73 bits per heavy atom. The molecule has 4 aromatic rings. The molecule has 0 atom stereocenters. The predicted octanol–water partition coefficient (Wildman–Crippen LogP) is 4.35. The molecule has 1 amide bonds. The van der Waals surface area contributed by atoms with Crippen molar-refractivity contribution in [3.05, 3.63) is 107 Å². The van der Waals surface area contributed by atoms with E-state index in [0.717, 1.165) is 22.5 Å². The Labute approximate surface area is 172 Å². The molecule has 5 nitrogen and oxygen atoms in total. The zero-order valence-corrected chi connectivity index (χ0v) is 15.9. The number of hydrazone groups is 1. The van der Waals surface area contributed by atoms with Crippen LogP contribution in [-0.4, -0.2) is 21.9 Å². The molecule has 5 rings (SSSR count). The zero-order valence-electron chi connectivity index (χ0n) is 15.9. The van der Waals surface area contributed by atoms with Gasteiger partial charge in [0.15, 0.2) is 5.69 Å². The number of fused-ring (bicyclic) bond motifs is 3. The summed E-state index contributed by atoms with van der Waals surface area (Å²) < 4.78 is 14.8. The van der Waals surface area contributed by atoms with Crippen LogP contribution in [0.1, 0.15) is 27.2 Å². The van der Waals surface area contributed by atoms with Crippen molar-refractivity contribution in [1.29, 1.82) is 0 Å². The number of hydrogen-bond donors (Lipinski definition) is 1. The van der Waals surface area contributed by atoms with E-state index in [1.54, 1.807) is 12.1 Å². The first kappa shape index (κ1) is 18.0. The van der Waals surface area contributed by atoms with Crippen LogP contribution in [0.25, 0.3) is 16.9 Å². The summed E-state index contributed by atoms with van der Waals surface area (Å²) in [6.07, 6.45) is 2.11. The van der Waals surface area contributed by atoms with Gasteiger partial charge in [-0.2, -0.15) is 10.2 Å². The molecule has 1 aliphatic rings. The summed E-state index contributed by atoms with van der Waals surface area (Å²) in [5.74, 6) is -0.704. The fourth-order valence-electron chi connectivity index (χ4n) is 3.70. The highest BCUT2D eigenvalue weighted by atomic mass is 19.1. The SMILES string of the molecule is O=C(N/N=C\c1ccc(F)cc1)c1nn(-c2ccccc2)c2c1Cc1ccccc1-2. The van der Waals surface area contributed by atoms with Crippen LogP contribution in [0.5, 0.6) is 0 Å². The fourth-order valence-corrected chi connectivity index (χ4v) is 3.70. The number of amides is 1. The lowest BCUT2D eigenvalue weighted by Gasteiger charge is -2.07. The van der Waals surface area contributed by atoms with E-state index in [0.29, 0.717) is 17.7 Å². The van der Waals surface area contributed by atoms with Gasteiger partial charge < -0.3 is 0 Å². The maximum Gasteiger partial charge on any atom is 0.292 e. The molecule has 3 aromatic carbocycles. The number of hydrogen-bond acceptors (Lipinski definition) is 3. The maximum atomic E-state index is 13.0. The molecule has 0 fully saturated rings. The third-order valence-corrected chi connectivity index (χ3v) is 5.09. The molecule has 0 spiro atoms. The molecule has 1 N–H and O–H groups in total. The van der Waals surface area contributed by atoms with Gasteiger partial charge in [-0.3, -0.25) is 4.79 Å². The number of nitrogens with one attached hydrogen (secondary N) is 1. The molecule has 6 heteroatoms. The summed E-state index contributed by atoms with van der Waals surface area (Å²) in [6, 6.07) is 23.7. The van der Waals surface area contributed by atoms with Crippen LogP contribution in [0.15, 0.2) is 84.0 Å². The van der Waals surface area contributed by atoms with Gasteiger partial charge in [-0.15, -0.1) is 0 Å². The van der Waals surface area contributed by atoms with Crippen LogP contribution >= 0.6 is 0 Å². The Bertz CT molecular complexity index is 1260. The second kappa shape index (κ2) is 7.40. The first-order valence-corrected chi connectivity index (χ1v) is 9.55. The Morgan fingerprint density at radius 1 is 1.00 bits per heavy atom. The van der Waals surface area contributed by atoms with Crippen LogP contribution < -0.4 is 5.43 Å². The van der Waals surface area contributed by atoms with Crippen molar-refractivity contribution >= 4 is 12.1 Å². The fraction of sp³-hybridized carbons (Fsp3) is 0.0417. The van der Waals surface area contributed by atoms with Crippen LogP contribution in [-0.2, 0) is 6.42 Å². The number of rotatable bonds is 4. The van der Waals surface area contributed by atoms with E-state index >= 15 is 0 Å². The summed E-state index contributed by atoms with van der Waals surface area (Å²) in [5, 5.41) is 8.63. The topological polar surface area (TPSA) is 59.3 Å². The van der Waals surface area contributed by atoms with E-state index in [9.17, 15) is 9.18 Å². The molecule has 30 heavy (non-hydrogen) atoms. The number of benzene rings is 3. The van der Waals surface area contributed by atoms with Gasteiger partial charge in [-0.05, 0) is 35.4 Å². The van der Waals surface area contributed by atoms with E-state index < -0.39 is 0 Å². The first-order chi connectivity index (χ1) is 14.7. The molecule has 1 aliphatic carbocycles. The minimum absolute atomic E-state index is 0.322. The van der Waals surface area contributed by atoms with Gasteiger partial charge in [0.05, 0.1) is 17.6 Å². The van der Waals surface area contributed by atoms with Crippen molar-refractivity contribution in [3.8, 4) is 16.9 Å². The minimum atomic E-state index is -0.382. The normalized spacial score (nSPS) is 12.0. The van der Waals surface area contributed by atoms with Crippen LogP contribution in [0.4, 0.5) is 4.39 Å². The van der Waals surface area contributed by atoms with Gasteiger partial charge >= 0.3 is 0 Å². The third-order valence-electron chi connectivity index (χ3n) is 5.09. The Morgan fingerprint density at radius 3 is 2.53 bits per heavy atom. The summed E-state index contributed by atoms with van der Waals surface area (Å²) in [5.41, 5.74) is 8.53. The number of aromatic nitrogens is 2. The maximum absolute atomic E-state index is 13.0. The monoisotopic (exact) mass is 396 g/mol. The second-order valence-corrected chi connectivity index (χ2v) is 7.01. The average molecular weight is 396 g/mol. The lowest BCUT2D eigenvalue weighted by molar-refractivity contribution is 0.0949. The van der Waals surface area contributed by atoms with Crippen molar-refractivity contribution in [2.75, 3.05) is 0 Å². The van der Waals surface area contributed by atoms with E-state index in [1.807, 2.05) is 47.1 Å². The molecule has 0 radical (unpaired) electrons. The van der Waals surface area contributed by atoms with Gasteiger partial charge in [0.25, 0.3) is 5.91 Å². The Kier molecular flexibility index (Phi) is 4.44. The van der Waals surface area contributed by atoms with Gasteiger partial charge in [0, 0.05) is 17.5 Å². The van der Waals surface area contributed by atoms with Crippen LogP contribution in [0.2, 0.25) is 0 Å². The van der Waals surface area contributed by atoms with Gasteiger partial charge in [-0.25, -0.2) is 14.5 Å². The molecule has 0 saturated heterocycles. The molecule has 0 bridgehead atoms. The molecular formula is C24H17FN4O. The van der Waals surface area contributed by atoms with Crippen molar-refractivity contribution in [2.45, 2.75) is 6.42 Å². The highest BCUT2D eigenvalue weighted by Gasteiger charge is 2.30. The standard InChI is InChI=1S/C24H17FN4O/c25-18-12-10-16(11-13-18)15-26-27-24(30)22-21-14-17-6-4-5-9-20(17)23(21)29(28-22)19-7-2-1-3-8-19/h1-13,15H,14H2,(H,27,30)/b26-15-. The van der Waals surface area contributed by atoms with Crippen LogP contribution in [0.3, 0.4) is 0 Å². The summed E-state index contributed by atoms with van der Waals surface area (Å²) in [6.45, 7) is 0. The zero-order chi connectivity index (χ0) is 20.5. The first-order valence-electron chi connectivity index (χ1n) is 9.55. The van der Waals surface area contributed by atoms with Gasteiger partial charge in [0.1, 0.15) is 5.82 Å². The van der Waals surface area contributed by atoms with Gasteiger partial charge in [-0.1, -0.05) is 54.6 Å². The summed E-state index contributed by atoms with van der Waals surface area (Å²) in [4.78, 5) is 12.9. The molecule has 0 aliphatic heterocycles. The number of carbonyl (C=O) groups excluding carboxylic acids is 1. The molecular weight excluding hydrogens is 379 g/mol. The van der Waals surface area contributed by atoms with Crippen molar-refractivity contribution in [2.24, 2.45) is 5.10 Å². The lowest BCUT2D eigenvalue weighted by Crippen LogP contribution is -2.20. The Balaban J connectivity index is 1.49. The van der Waals surface area contributed by atoms with E-state index in [-0.39, 0.29) is 11.7 Å². The highest BCUT2D eigenvalue weighted by Crippen LogP contribution is 2.39. The molecule has 0 saturated carbocycles. The summed E-state index contributed by atoms with van der Waals surface area (Å²) in [7, 11) is 0. The average Bonchev–Trinajstić information content (AvgIpc) is 3.33. The largest absolute Gasteiger partial charge is 0.292 e. The van der Waals surface area contributed by atoms with Crippen molar-refractivity contribution < 1.29 is 9.18 Å². The Hall–Kier alpha value is -4.06. The third kappa shape index (κ3) is 3.18. The predicted molar refractivity (Wildman–Crippen MR) is 113 cm³/mol. The van der Waals surface area contributed by atoms with Gasteiger partial charge in [0.2, 0.25) is 0 Å². The van der Waals surface area contributed by atoms with Crippen molar-refractivity contribution in [1.82, 2.24) is 15.2 Å². The molecule has 1 aromatic heterocycles. The number of para-hydroxylation sites is 1. The number of halogens is 1. The highest BCUT2D eigenvalue weighted by molar-refractivity contribution is 5.97. The van der Waals surface area contributed by atoms with Crippen molar-refractivity contribution in [3.63, 3.8) is 0 Å². The summed E-state index contributed by atoms with van der Waals surface area (Å²) >= 11 is 0. The molecule has 0 unspecified atom stereocenters. The van der Waals surface area contributed by atoms with E-state index in [1.165, 1.54) is 23.9 Å². The van der Waals surface area contributed by atoms with E-state index in [4.69, 9.17) is 0 Å². The quantitative estimate of drug-likeness (QED) is 0.363. The second-order valence-electron chi connectivity index (χ2n) is 7.01. The molecule has 1 heterocycles. The minimum Gasteiger partial charge on any atom is -0.265 e. The smallest absolute Gasteiger partial charge is 0.265 e. The van der Waals surface area contributed by atoms with Crippen LogP contribution in [0, 0.1) is 5.82 Å². The number of nitrogens with zero attached hydrogens (tertiary/aromatic N) is 3. The lowest BCUT2D eigenvalue weighted by atomic mass is 10.1. The van der Waals surface area contributed by atoms with E-state index in [2.05, 4.69) is 27.8 Å². The molecule has 146 valence electrons.